The molecule has 24 heavy (non-hydrogen) atoms. The molecule has 3 aromatic rings. The van der Waals surface area contributed by atoms with Crippen molar-refractivity contribution in [3.8, 4) is 10.8 Å². The number of hydrogen-bond acceptors (Lipinski definition) is 5. The van der Waals surface area contributed by atoms with Crippen molar-refractivity contribution in [2.45, 2.75) is 31.8 Å². The molecule has 0 spiro atoms. The molecule has 1 aliphatic heterocycles. The highest BCUT2D eigenvalue weighted by atomic mass is 32.1. The molecule has 1 fully saturated rings. The van der Waals surface area contributed by atoms with Crippen LogP contribution in [-0.2, 0) is 13.0 Å². The smallest absolute Gasteiger partial charge is 0.188 e. The Morgan fingerprint density at radius 2 is 1.92 bits per heavy atom. The molecule has 0 bridgehead atoms. The van der Waals surface area contributed by atoms with Crippen LogP contribution in [0.3, 0.4) is 0 Å². The van der Waals surface area contributed by atoms with E-state index in [2.05, 4.69) is 50.6 Å². The lowest BCUT2D eigenvalue weighted by Gasteiger charge is -2.23. The van der Waals surface area contributed by atoms with Crippen LogP contribution >= 0.6 is 11.3 Å². The third-order valence-electron chi connectivity index (χ3n) is 4.49. The summed E-state index contributed by atoms with van der Waals surface area (Å²) in [6.07, 6.45) is 7.20. The monoisotopic (exact) mass is 336 g/mol. The summed E-state index contributed by atoms with van der Waals surface area (Å²) in [7, 11) is 0. The van der Waals surface area contributed by atoms with Gasteiger partial charge in [0.05, 0.1) is 5.69 Å². The number of thiazole rings is 1. The third-order valence-corrected chi connectivity index (χ3v) is 5.37. The van der Waals surface area contributed by atoms with Crippen molar-refractivity contribution in [2.75, 3.05) is 6.54 Å². The molecule has 122 valence electrons. The van der Waals surface area contributed by atoms with Gasteiger partial charge >= 0.3 is 0 Å². The van der Waals surface area contributed by atoms with E-state index in [0.29, 0.717) is 6.04 Å². The van der Waals surface area contributed by atoms with E-state index in [9.17, 15) is 0 Å². The number of nitrogens with zero attached hydrogens (tertiary/aromatic N) is 4. The summed E-state index contributed by atoms with van der Waals surface area (Å²) in [6.45, 7) is 2.08. The Balaban J connectivity index is 1.44. The van der Waals surface area contributed by atoms with E-state index in [1.807, 2.05) is 6.07 Å². The minimum atomic E-state index is 0.616. The molecule has 0 aliphatic carbocycles. The van der Waals surface area contributed by atoms with Crippen molar-refractivity contribution in [1.82, 2.24) is 19.9 Å². The van der Waals surface area contributed by atoms with Gasteiger partial charge in [-0.15, -0.1) is 11.3 Å². The van der Waals surface area contributed by atoms with E-state index in [1.165, 1.54) is 18.4 Å². The first-order valence-corrected chi connectivity index (χ1v) is 9.26. The molecule has 0 saturated carbocycles. The highest BCUT2D eigenvalue weighted by Gasteiger charge is 2.25. The van der Waals surface area contributed by atoms with Crippen molar-refractivity contribution in [3.05, 3.63) is 65.4 Å². The van der Waals surface area contributed by atoms with Gasteiger partial charge in [-0.25, -0.2) is 15.0 Å². The Morgan fingerprint density at radius 3 is 2.75 bits per heavy atom. The van der Waals surface area contributed by atoms with Crippen LogP contribution in [-0.4, -0.2) is 32.4 Å². The average Bonchev–Trinajstić information content (AvgIpc) is 3.27. The number of hydrogen-bond donors (Lipinski definition) is 0. The van der Waals surface area contributed by atoms with Gasteiger partial charge in [0.15, 0.2) is 10.8 Å². The number of aromatic nitrogens is 3. The van der Waals surface area contributed by atoms with Crippen LogP contribution < -0.4 is 0 Å². The molecule has 0 N–H and O–H groups in total. The Hall–Kier alpha value is -2.11. The van der Waals surface area contributed by atoms with E-state index in [1.54, 1.807) is 23.7 Å². The van der Waals surface area contributed by atoms with Crippen LogP contribution in [0.25, 0.3) is 10.8 Å². The number of likely N-dealkylation sites (tertiary alicyclic amines) is 1. The van der Waals surface area contributed by atoms with E-state index >= 15 is 0 Å². The zero-order chi connectivity index (χ0) is 16.2. The van der Waals surface area contributed by atoms with Gasteiger partial charge in [-0.05, 0) is 37.4 Å². The number of rotatable bonds is 5. The summed E-state index contributed by atoms with van der Waals surface area (Å²) in [5.41, 5.74) is 2.55. The standard InChI is InChI=1S/C19H20N4S/c1-2-6-15(7-3-1)12-17-8-4-11-23(17)13-16-14-24-19(22-16)18-20-9-5-10-21-18/h1-3,5-7,9-10,14,17H,4,8,11-13H2/t17-/m0/s1. The van der Waals surface area contributed by atoms with Crippen molar-refractivity contribution in [1.29, 1.82) is 0 Å². The second kappa shape index (κ2) is 7.20. The maximum absolute atomic E-state index is 4.74. The van der Waals surface area contributed by atoms with Gasteiger partial charge in [-0.2, -0.15) is 0 Å². The molecule has 1 aliphatic rings. The molecular formula is C19H20N4S. The summed E-state index contributed by atoms with van der Waals surface area (Å²) in [5, 5.41) is 3.05. The van der Waals surface area contributed by atoms with Gasteiger partial charge in [-0.3, -0.25) is 4.90 Å². The molecule has 0 radical (unpaired) electrons. The summed E-state index contributed by atoms with van der Waals surface area (Å²) in [4.78, 5) is 15.9. The molecule has 3 heterocycles. The van der Waals surface area contributed by atoms with Gasteiger partial charge < -0.3 is 0 Å². The van der Waals surface area contributed by atoms with Gasteiger partial charge in [0.2, 0.25) is 0 Å². The first-order chi connectivity index (χ1) is 11.9. The molecular weight excluding hydrogens is 316 g/mol. The van der Waals surface area contributed by atoms with Crippen molar-refractivity contribution in [2.24, 2.45) is 0 Å². The Morgan fingerprint density at radius 1 is 1.08 bits per heavy atom. The van der Waals surface area contributed by atoms with Crippen LogP contribution in [0.2, 0.25) is 0 Å². The SMILES string of the molecule is c1ccc(C[C@@H]2CCCN2Cc2csc(-c3ncccn3)n2)cc1. The fraction of sp³-hybridized carbons (Fsp3) is 0.316. The summed E-state index contributed by atoms with van der Waals surface area (Å²) in [5.74, 6) is 0.719. The normalized spacial score (nSPS) is 18.1. The van der Waals surface area contributed by atoms with Gasteiger partial charge in [-0.1, -0.05) is 30.3 Å². The third kappa shape index (κ3) is 3.52. The average molecular weight is 336 g/mol. The van der Waals surface area contributed by atoms with Crippen molar-refractivity contribution in [3.63, 3.8) is 0 Å². The molecule has 4 nitrogen and oxygen atoms in total. The second-order valence-electron chi connectivity index (χ2n) is 6.17. The molecule has 1 aromatic carbocycles. The fourth-order valence-corrected chi connectivity index (χ4v) is 4.08. The molecule has 0 unspecified atom stereocenters. The Bertz CT molecular complexity index is 772. The lowest BCUT2D eigenvalue weighted by molar-refractivity contribution is 0.241. The first kappa shape index (κ1) is 15.4. The van der Waals surface area contributed by atoms with Crippen LogP contribution in [0.15, 0.2) is 54.2 Å². The van der Waals surface area contributed by atoms with Gasteiger partial charge in [0.1, 0.15) is 0 Å². The van der Waals surface area contributed by atoms with Gasteiger partial charge in [0, 0.05) is 30.4 Å². The topological polar surface area (TPSA) is 41.9 Å². The Labute approximate surface area is 146 Å². The van der Waals surface area contributed by atoms with Crippen LogP contribution in [0, 0.1) is 0 Å². The Kier molecular flexibility index (Phi) is 4.62. The zero-order valence-corrected chi connectivity index (χ0v) is 14.3. The predicted molar refractivity (Wildman–Crippen MR) is 96.7 cm³/mol. The van der Waals surface area contributed by atoms with Crippen molar-refractivity contribution >= 4 is 11.3 Å². The summed E-state index contributed by atoms with van der Waals surface area (Å²) < 4.78 is 0. The minimum Gasteiger partial charge on any atom is -0.294 e. The summed E-state index contributed by atoms with van der Waals surface area (Å²) >= 11 is 1.63. The van der Waals surface area contributed by atoms with E-state index < -0.39 is 0 Å². The first-order valence-electron chi connectivity index (χ1n) is 8.38. The second-order valence-corrected chi connectivity index (χ2v) is 7.03. The largest absolute Gasteiger partial charge is 0.294 e. The molecule has 2 aromatic heterocycles. The highest BCUT2D eigenvalue weighted by Crippen LogP contribution is 2.25. The number of benzene rings is 1. The lowest BCUT2D eigenvalue weighted by atomic mass is 10.0. The molecule has 4 rings (SSSR count). The quantitative estimate of drug-likeness (QED) is 0.710. The zero-order valence-electron chi connectivity index (χ0n) is 13.5. The maximum Gasteiger partial charge on any atom is 0.188 e. The summed E-state index contributed by atoms with van der Waals surface area (Å²) in [6, 6.07) is 13.2. The van der Waals surface area contributed by atoms with E-state index in [-0.39, 0.29) is 0 Å². The molecule has 5 heteroatoms. The predicted octanol–water partition coefficient (Wildman–Crippen LogP) is 3.81. The van der Waals surface area contributed by atoms with E-state index in [4.69, 9.17) is 4.98 Å². The van der Waals surface area contributed by atoms with Crippen LogP contribution in [0.1, 0.15) is 24.1 Å². The van der Waals surface area contributed by atoms with Gasteiger partial charge in [0.25, 0.3) is 0 Å². The van der Waals surface area contributed by atoms with Crippen LogP contribution in [0.5, 0.6) is 0 Å². The fourth-order valence-electron chi connectivity index (χ4n) is 3.32. The molecule has 0 amide bonds. The molecule has 1 saturated heterocycles. The highest BCUT2D eigenvalue weighted by molar-refractivity contribution is 7.13. The lowest BCUT2D eigenvalue weighted by Crippen LogP contribution is -2.30. The van der Waals surface area contributed by atoms with Crippen LogP contribution in [0.4, 0.5) is 0 Å². The van der Waals surface area contributed by atoms with E-state index in [0.717, 1.165) is 36.0 Å². The van der Waals surface area contributed by atoms with Crippen molar-refractivity contribution < 1.29 is 0 Å². The molecule has 1 atom stereocenters. The maximum atomic E-state index is 4.74. The minimum absolute atomic E-state index is 0.616.